The molecule has 0 unspecified atom stereocenters. The summed E-state index contributed by atoms with van der Waals surface area (Å²) in [4.78, 5) is 12.2. The van der Waals surface area contributed by atoms with Gasteiger partial charge in [0.05, 0.1) is 15.6 Å². The van der Waals surface area contributed by atoms with Crippen molar-refractivity contribution < 1.29 is 4.92 Å². The zero-order valence-corrected chi connectivity index (χ0v) is 9.78. The predicted octanol–water partition coefficient (Wildman–Crippen LogP) is 2.72. The van der Waals surface area contributed by atoms with E-state index in [-0.39, 0.29) is 16.3 Å². The van der Waals surface area contributed by atoms with Crippen LogP contribution in [0.15, 0.2) is 12.1 Å². The van der Waals surface area contributed by atoms with Crippen LogP contribution in [-0.4, -0.2) is 18.0 Å². The lowest BCUT2D eigenvalue weighted by Gasteiger charge is -2.19. The SMILES string of the molecule is N#Cc1c([N+](=O)[O-])ccc(N2CCCC2)c1Cl. The standard InChI is InChI=1S/C11H10ClN3O2/c12-11-8(7-13)9(15(16)17)3-4-10(11)14-5-1-2-6-14/h3-4H,1-2,5-6H2. The lowest BCUT2D eigenvalue weighted by atomic mass is 10.1. The highest BCUT2D eigenvalue weighted by Crippen LogP contribution is 2.36. The smallest absolute Gasteiger partial charge is 0.288 e. The van der Waals surface area contributed by atoms with Crippen molar-refractivity contribution >= 4 is 23.0 Å². The summed E-state index contributed by atoms with van der Waals surface area (Å²) in [5.41, 5.74) is 0.424. The van der Waals surface area contributed by atoms with E-state index in [9.17, 15) is 10.1 Å². The molecule has 0 amide bonds. The van der Waals surface area contributed by atoms with Crippen LogP contribution in [-0.2, 0) is 0 Å². The van der Waals surface area contributed by atoms with Gasteiger partial charge in [-0.05, 0) is 18.9 Å². The van der Waals surface area contributed by atoms with Crippen LogP contribution in [0.1, 0.15) is 18.4 Å². The molecule has 1 fully saturated rings. The van der Waals surface area contributed by atoms with Crippen LogP contribution in [0, 0.1) is 21.4 Å². The van der Waals surface area contributed by atoms with Crippen molar-refractivity contribution in [3.63, 3.8) is 0 Å². The average molecular weight is 252 g/mol. The summed E-state index contributed by atoms with van der Waals surface area (Å²) in [6, 6.07) is 4.77. The minimum Gasteiger partial charge on any atom is -0.370 e. The number of hydrogen-bond acceptors (Lipinski definition) is 4. The Morgan fingerprint density at radius 1 is 1.41 bits per heavy atom. The molecular weight excluding hydrogens is 242 g/mol. The highest BCUT2D eigenvalue weighted by Gasteiger charge is 2.23. The minimum atomic E-state index is -0.585. The molecule has 88 valence electrons. The Hall–Kier alpha value is -1.80. The molecule has 1 aromatic carbocycles. The van der Waals surface area contributed by atoms with Gasteiger partial charge >= 0.3 is 0 Å². The van der Waals surface area contributed by atoms with Crippen molar-refractivity contribution in [3.05, 3.63) is 32.8 Å². The summed E-state index contributed by atoms with van der Waals surface area (Å²) in [6.45, 7) is 1.75. The average Bonchev–Trinajstić information content (AvgIpc) is 2.81. The van der Waals surface area contributed by atoms with E-state index in [2.05, 4.69) is 0 Å². The molecule has 17 heavy (non-hydrogen) atoms. The van der Waals surface area contributed by atoms with Gasteiger partial charge in [0.2, 0.25) is 0 Å². The van der Waals surface area contributed by atoms with E-state index in [0.717, 1.165) is 25.9 Å². The lowest BCUT2D eigenvalue weighted by Crippen LogP contribution is -2.18. The number of rotatable bonds is 2. The molecule has 1 aliphatic heterocycles. The summed E-state index contributed by atoms with van der Waals surface area (Å²) in [6.07, 6.45) is 2.16. The zero-order chi connectivity index (χ0) is 12.4. The molecule has 0 N–H and O–H groups in total. The van der Waals surface area contributed by atoms with Gasteiger partial charge in [-0.1, -0.05) is 11.6 Å². The number of nitro benzene ring substituents is 1. The number of nitriles is 1. The lowest BCUT2D eigenvalue weighted by molar-refractivity contribution is -0.385. The maximum Gasteiger partial charge on any atom is 0.288 e. The van der Waals surface area contributed by atoms with Crippen molar-refractivity contribution in [2.75, 3.05) is 18.0 Å². The Bertz CT molecular complexity index is 504. The van der Waals surface area contributed by atoms with Crippen LogP contribution in [0.4, 0.5) is 11.4 Å². The summed E-state index contributed by atoms with van der Waals surface area (Å²) >= 11 is 6.07. The largest absolute Gasteiger partial charge is 0.370 e. The molecule has 0 radical (unpaired) electrons. The second-order valence-electron chi connectivity index (χ2n) is 3.86. The molecule has 0 aliphatic carbocycles. The third-order valence-corrected chi connectivity index (χ3v) is 3.24. The summed E-state index contributed by atoms with van der Waals surface area (Å²) in [5.74, 6) is 0. The highest BCUT2D eigenvalue weighted by molar-refractivity contribution is 6.34. The van der Waals surface area contributed by atoms with Gasteiger partial charge in [-0.15, -0.1) is 0 Å². The molecule has 1 aromatic rings. The first-order valence-electron chi connectivity index (χ1n) is 5.27. The number of nitro groups is 1. The van der Waals surface area contributed by atoms with Gasteiger partial charge in [-0.25, -0.2) is 0 Å². The quantitative estimate of drug-likeness (QED) is 0.599. The van der Waals surface area contributed by atoms with E-state index in [1.807, 2.05) is 11.0 Å². The molecule has 0 spiro atoms. The Labute approximate surface area is 103 Å². The predicted molar refractivity (Wildman–Crippen MR) is 64.3 cm³/mol. The van der Waals surface area contributed by atoms with Crippen LogP contribution in [0.3, 0.4) is 0 Å². The third-order valence-electron chi connectivity index (χ3n) is 2.85. The van der Waals surface area contributed by atoms with Gasteiger partial charge in [0.1, 0.15) is 6.07 Å². The second kappa shape index (κ2) is 4.60. The van der Waals surface area contributed by atoms with Crippen LogP contribution >= 0.6 is 11.6 Å². The van der Waals surface area contributed by atoms with E-state index in [1.165, 1.54) is 6.07 Å². The van der Waals surface area contributed by atoms with Gasteiger partial charge in [-0.3, -0.25) is 10.1 Å². The molecule has 1 saturated heterocycles. The van der Waals surface area contributed by atoms with Crippen LogP contribution in [0.2, 0.25) is 5.02 Å². The molecular formula is C11H10ClN3O2. The maximum atomic E-state index is 10.7. The van der Waals surface area contributed by atoms with Crippen molar-refractivity contribution in [2.24, 2.45) is 0 Å². The molecule has 1 heterocycles. The number of hydrogen-bond donors (Lipinski definition) is 0. The fourth-order valence-electron chi connectivity index (χ4n) is 2.02. The Balaban J connectivity index is 2.50. The fourth-order valence-corrected chi connectivity index (χ4v) is 2.34. The van der Waals surface area contributed by atoms with Gasteiger partial charge in [-0.2, -0.15) is 5.26 Å². The first-order valence-corrected chi connectivity index (χ1v) is 5.65. The Morgan fingerprint density at radius 3 is 2.59 bits per heavy atom. The van der Waals surface area contributed by atoms with Gasteiger partial charge in [0, 0.05) is 19.2 Å². The van der Waals surface area contributed by atoms with E-state index in [4.69, 9.17) is 16.9 Å². The van der Waals surface area contributed by atoms with E-state index in [0.29, 0.717) is 5.69 Å². The number of benzene rings is 1. The summed E-state index contributed by atoms with van der Waals surface area (Å²) < 4.78 is 0. The fraction of sp³-hybridized carbons (Fsp3) is 0.364. The Morgan fingerprint density at radius 2 is 2.06 bits per heavy atom. The topological polar surface area (TPSA) is 70.2 Å². The van der Waals surface area contributed by atoms with Crippen LogP contribution in [0.5, 0.6) is 0 Å². The molecule has 5 nitrogen and oxygen atoms in total. The maximum absolute atomic E-state index is 10.7. The van der Waals surface area contributed by atoms with E-state index < -0.39 is 4.92 Å². The monoisotopic (exact) mass is 251 g/mol. The highest BCUT2D eigenvalue weighted by atomic mass is 35.5. The van der Waals surface area contributed by atoms with E-state index in [1.54, 1.807) is 6.07 Å². The van der Waals surface area contributed by atoms with Crippen LogP contribution < -0.4 is 4.90 Å². The number of nitrogens with zero attached hydrogens (tertiary/aromatic N) is 3. The first kappa shape index (κ1) is 11.7. The summed E-state index contributed by atoms with van der Waals surface area (Å²) in [7, 11) is 0. The van der Waals surface area contributed by atoms with Crippen molar-refractivity contribution in [2.45, 2.75) is 12.8 Å². The summed E-state index contributed by atoms with van der Waals surface area (Å²) in [5, 5.41) is 19.9. The third kappa shape index (κ3) is 2.04. The van der Waals surface area contributed by atoms with Crippen LogP contribution in [0.25, 0.3) is 0 Å². The molecule has 0 bridgehead atoms. The zero-order valence-electron chi connectivity index (χ0n) is 9.02. The van der Waals surface area contributed by atoms with E-state index >= 15 is 0 Å². The van der Waals surface area contributed by atoms with Gasteiger partial charge in [0.25, 0.3) is 5.69 Å². The second-order valence-corrected chi connectivity index (χ2v) is 4.23. The van der Waals surface area contributed by atoms with Crippen molar-refractivity contribution in [1.29, 1.82) is 5.26 Å². The Kier molecular flexibility index (Phi) is 3.16. The number of anilines is 1. The van der Waals surface area contributed by atoms with Crippen molar-refractivity contribution in [1.82, 2.24) is 0 Å². The van der Waals surface area contributed by atoms with Crippen molar-refractivity contribution in [3.8, 4) is 6.07 Å². The first-order chi connectivity index (χ1) is 8.15. The molecule has 1 aliphatic rings. The molecule has 0 saturated carbocycles. The normalized spacial score (nSPS) is 14.7. The van der Waals surface area contributed by atoms with Gasteiger partial charge in [0.15, 0.2) is 5.56 Å². The molecule has 0 atom stereocenters. The number of halogens is 1. The van der Waals surface area contributed by atoms with Gasteiger partial charge < -0.3 is 4.90 Å². The molecule has 0 aromatic heterocycles. The molecule has 6 heteroatoms. The minimum absolute atomic E-state index is 0.0546. The molecule has 2 rings (SSSR count).